The molecule has 3 nitrogen and oxygen atoms in total. The number of hydrazine groups is 1. The second kappa shape index (κ2) is 3.80. The molecule has 1 aliphatic rings. The highest BCUT2D eigenvalue weighted by molar-refractivity contribution is 5.78. The quantitative estimate of drug-likeness (QED) is 0.390. The molecule has 0 spiro atoms. The smallest absolute Gasteiger partial charge is 0.237 e. The summed E-state index contributed by atoms with van der Waals surface area (Å²) in [5.41, 5.74) is 4.88. The maximum absolute atomic E-state index is 11.3. The van der Waals surface area contributed by atoms with Gasteiger partial charge >= 0.3 is 0 Å². The first kappa shape index (κ1) is 9.21. The van der Waals surface area contributed by atoms with Crippen LogP contribution in [0.15, 0.2) is 24.3 Å². The van der Waals surface area contributed by atoms with Gasteiger partial charge in [0, 0.05) is 5.92 Å². The highest BCUT2D eigenvalue weighted by atomic mass is 16.2. The van der Waals surface area contributed by atoms with Gasteiger partial charge in [0.05, 0.1) is 0 Å². The van der Waals surface area contributed by atoms with E-state index in [-0.39, 0.29) is 11.8 Å². The number of benzene rings is 1. The Labute approximate surface area is 83.3 Å². The van der Waals surface area contributed by atoms with Gasteiger partial charge in [-0.05, 0) is 30.4 Å². The SMILES string of the molecule is NNC(=O)[C@@H]1CCc2ccccc2C1. The summed E-state index contributed by atoms with van der Waals surface area (Å²) in [4.78, 5) is 11.3. The second-order valence-corrected chi connectivity index (χ2v) is 3.72. The zero-order valence-electron chi connectivity index (χ0n) is 7.99. The Balaban J connectivity index is 2.17. The van der Waals surface area contributed by atoms with Crippen molar-refractivity contribution in [2.45, 2.75) is 19.3 Å². The number of nitrogens with one attached hydrogen (secondary N) is 1. The van der Waals surface area contributed by atoms with Crippen LogP contribution >= 0.6 is 0 Å². The van der Waals surface area contributed by atoms with E-state index < -0.39 is 0 Å². The number of hydrogen-bond acceptors (Lipinski definition) is 2. The summed E-state index contributed by atoms with van der Waals surface area (Å²) >= 11 is 0. The van der Waals surface area contributed by atoms with Crippen LogP contribution in [-0.4, -0.2) is 5.91 Å². The van der Waals surface area contributed by atoms with Crippen LogP contribution in [0.4, 0.5) is 0 Å². The van der Waals surface area contributed by atoms with Gasteiger partial charge in [-0.25, -0.2) is 5.84 Å². The van der Waals surface area contributed by atoms with E-state index in [0.29, 0.717) is 0 Å². The van der Waals surface area contributed by atoms with Gasteiger partial charge in [0.15, 0.2) is 0 Å². The van der Waals surface area contributed by atoms with E-state index in [9.17, 15) is 4.79 Å². The average molecular weight is 190 g/mol. The van der Waals surface area contributed by atoms with E-state index in [1.54, 1.807) is 0 Å². The van der Waals surface area contributed by atoms with Crippen molar-refractivity contribution in [3.63, 3.8) is 0 Å². The fourth-order valence-corrected chi connectivity index (χ4v) is 2.04. The molecule has 3 N–H and O–H groups in total. The van der Waals surface area contributed by atoms with Crippen molar-refractivity contribution in [1.82, 2.24) is 5.43 Å². The third-order valence-corrected chi connectivity index (χ3v) is 2.86. The minimum Gasteiger partial charge on any atom is -0.294 e. The number of hydrogen-bond donors (Lipinski definition) is 2. The third-order valence-electron chi connectivity index (χ3n) is 2.86. The van der Waals surface area contributed by atoms with Crippen LogP contribution in [-0.2, 0) is 17.6 Å². The van der Waals surface area contributed by atoms with Crippen molar-refractivity contribution in [2.24, 2.45) is 11.8 Å². The van der Waals surface area contributed by atoms with Gasteiger partial charge in [-0.2, -0.15) is 0 Å². The topological polar surface area (TPSA) is 55.1 Å². The molecule has 0 radical (unpaired) electrons. The van der Waals surface area contributed by atoms with Crippen LogP contribution in [0.5, 0.6) is 0 Å². The molecule has 2 rings (SSSR count). The summed E-state index contributed by atoms with van der Waals surface area (Å²) in [6.07, 6.45) is 2.70. The molecule has 0 aliphatic heterocycles. The van der Waals surface area contributed by atoms with Crippen molar-refractivity contribution in [2.75, 3.05) is 0 Å². The Kier molecular flexibility index (Phi) is 2.50. The normalized spacial score (nSPS) is 19.9. The molecule has 0 heterocycles. The summed E-state index contributed by atoms with van der Waals surface area (Å²) in [5, 5.41) is 0. The summed E-state index contributed by atoms with van der Waals surface area (Å²) in [7, 11) is 0. The van der Waals surface area contributed by atoms with Crippen LogP contribution in [0, 0.1) is 5.92 Å². The number of carbonyl (C=O) groups excluding carboxylic acids is 1. The molecule has 3 heteroatoms. The molecule has 1 aromatic carbocycles. The number of rotatable bonds is 1. The van der Waals surface area contributed by atoms with Crippen molar-refractivity contribution in [3.05, 3.63) is 35.4 Å². The lowest BCUT2D eigenvalue weighted by Crippen LogP contribution is -2.38. The minimum absolute atomic E-state index is 0.0421. The molecule has 0 unspecified atom stereocenters. The fourth-order valence-electron chi connectivity index (χ4n) is 2.04. The van der Waals surface area contributed by atoms with Crippen molar-refractivity contribution in [1.29, 1.82) is 0 Å². The van der Waals surface area contributed by atoms with Gasteiger partial charge in [0.1, 0.15) is 0 Å². The summed E-state index contributed by atoms with van der Waals surface area (Å²) in [5.74, 6) is 5.13. The zero-order valence-corrected chi connectivity index (χ0v) is 7.99. The van der Waals surface area contributed by atoms with Crippen LogP contribution in [0.1, 0.15) is 17.5 Å². The first-order valence-electron chi connectivity index (χ1n) is 4.88. The van der Waals surface area contributed by atoms with Gasteiger partial charge in [-0.3, -0.25) is 10.2 Å². The van der Waals surface area contributed by atoms with Gasteiger partial charge in [-0.1, -0.05) is 24.3 Å². The molecular weight excluding hydrogens is 176 g/mol. The Morgan fingerprint density at radius 1 is 1.36 bits per heavy atom. The van der Waals surface area contributed by atoms with Crippen LogP contribution in [0.3, 0.4) is 0 Å². The Bertz CT molecular complexity index is 349. The first-order valence-corrected chi connectivity index (χ1v) is 4.88. The molecule has 1 aromatic rings. The van der Waals surface area contributed by atoms with Crippen LogP contribution in [0.25, 0.3) is 0 Å². The minimum atomic E-state index is -0.0421. The number of carbonyl (C=O) groups is 1. The van der Waals surface area contributed by atoms with Gasteiger partial charge in [-0.15, -0.1) is 0 Å². The molecule has 1 aliphatic carbocycles. The maximum atomic E-state index is 11.3. The predicted octanol–water partition coefficient (Wildman–Crippen LogP) is 0.781. The zero-order chi connectivity index (χ0) is 9.97. The summed E-state index contributed by atoms with van der Waals surface area (Å²) < 4.78 is 0. The molecule has 74 valence electrons. The van der Waals surface area contributed by atoms with Crippen molar-refractivity contribution in [3.8, 4) is 0 Å². The lowest BCUT2D eigenvalue weighted by molar-refractivity contribution is -0.125. The van der Waals surface area contributed by atoms with Crippen molar-refractivity contribution < 1.29 is 4.79 Å². The third kappa shape index (κ3) is 1.63. The van der Waals surface area contributed by atoms with Crippen molar-refractivity contribution >= 4 is 5.91 Å². The van der Waals surface area contributed by atoms with E-state index in [4.69, 9.17) is 5.84 Å². The largest absolute Gasteiger partial charge is 0.294 e. The maximum Gasteiger partial charge on any atom is 0.237 e. The van der Waals surface area contributed by atoms with E-state index in [1.165, 1.54) is 11.1 Å². The lowest BCUT2D eigenvalue weighted by atomic mass is 9.83. The molecule has 1 atom stereocenters. The molecular formula is C11H14N2O. The fraction of sp³-hybridized carbons (Fsp3) is 0.364. The molecule has 0 aromatic heterocycles. The standard InChI is InChI=1S/C11H14N2O/c12-13-11(14)10-6-5-8-3-1-2-4-9(8)7-10/h1-4,10H,5-7,12H2,(H,13,14)/t10-/m1/s1. The van der Waals surface area contributed by atoms with Gasteiger partial charge < -0.3 is 0 Å². The Morgan fingerprint density at radius 3 is 2.79 bits per heavy atom. The average Bonchev–Trinajstić information content (AvgIpc) is 2.27. The summed E-state index contributed by atoms with van der Waals surface area (Å²) in [6.45, 7) is 0. The van der Waals surface area contributed by atoms with E-state index in [1.807, 2.05) is 12.1 Å². The highest BCUT2D eigenvalue weighted by Gasteiger charge is 2.23. The molecule has 14 heavy (non-hydrogen) atoms. The molecule has 0 saturated heterocycles. The molecule has 1 amide bonds. The lowest BCUT2D eigenvalue weighted by Gasteiger charge is -2.22. The Morgan fingerprint density at radius 2 is 2.07 bits per heavy atom. The van der Waals surface area contributed by atoms with Crippen LogP contribution < -0.4 is 11.3 Å². The van der Waals surface area contributed by atoms with E-state index in [0.717, 1.165) is 19.3 Å². The first-order chi connectivity index (χ1) is 6.81. The molecule has 0 saturated carbocycles. The number of nitrogens with two attached hydrogens (primary N) is 1. The second-order valence-electron chi connectivity index (χ2n) is 3.72. The number of aryl methyl sites for hydroxylation is 1. The van der Waals surface area contributed by atoms with E-state index >= 15 is 0 Å². The van der Waals surface area contributed by atoms with Crippen LogP contribution in [0.2, 0.25) is 0 Å². The Hall–Kier alpha value is -1.35. The van der Waals surface area contributed by atoms with E-state index in [2.05, 4.69) is 17.6 Å². The highest BCUT2D eigenvalue weighted by Crippen LogP contribution is 2.25. The monoisotopic (exact) mass is 190 g/mol. The number of fused-ring (bicyclic) bond motifs is 1. The predicted molar refractivity (Wildman–Crippen MR) is 54.3 cm³/mol. The molecule has 0 bridgehead atoms. The van der Waals surface area contributed by atoms with Gasteiger partial charge in [0.25, 0.3) is 0 Å². The number of amides is 1. The summed E-state index contributed by atoms with van der Waals surface area (Å²) in [6, 6.07) is 8.28. The molecule has 0 fully saturated rings. The van der Waals surface area contributed by atoms with Gasteiger partial charge in [0.2, 0.25) is 5.91 Å².